The summed E-state index contributed by atoms with van der Waals surface area (Å²) in [7, 11) is 2.84. The Morgan fingerprint density at radius 3 is 1.28 bits per heavy atom. The van der Waals surface area contributed by atoms with E-state index in [0.717, 1.165) is 0 Å². The molecule has 6 aliphatic rings. The van der Waals surface area contributed by atoms with Crippen molar-refractivity contribution in [1.29, 1.82) is 0 Å². The third-order valence-electron chi connectivity index (χ3n) is 11.1. The number of aliphatic hydroxyl groups is 8. The zero-order valence-electron chi connectivity index (χ0n) is 30.0. The molecule has 22 unspecified atom stereocenters. The number of hydrogen-bond donors (Lipinski definition) is 10. The molecule has 0 aromatic carbocycles. The summed E-state index contributed by atoms with van der Waals surface area (Å²) in [4.78, 5) is 0. The lowest BCUT2D eigenvalue weighted by atomic mass is 9.89. The fraction of sp³-hybridized carbons (Fsp3) is 1.00. The van der Waals surface area contributed by atoms with Crippen molar-refractivity contribution in [3.63, 3.8) is 0 Å². The minimum Gasteiger partial charge on any atom is -0.394 e. The predicted molar refractivity (Wildman–Crippen MR) is 171 cm³/mol. The number of ether oxygens (including phenoxy) is 11. The molecule has 0 aromatic heterocycles. The van der Waals surface area contributed by atoms with Gasteiger partial charge in [-0.25, -0.2) is 0 Å². The van der Waals surface area contributed by atoms with E-state index in [1.165, 1.54) is 14.2 Å². The van der Waals surface area contributed by atoms with Crippen molar-refractivity contribution in [2.24, 2.45) is 11.8 Å². The summed E-state index contributed by atoms with van der Waals surface area (Å²) in [6, 6.07) is -1.37. The average molecular weight is 773 g/mol. The lowest BCUT2D eigenvalue weighted by Gasteiger charge is -2.49. The van der Waals surface area contributed by atoms with E-state index >= 15 is 0 Å². The Kier molecular flexibility index (Phi) is 14.3. The van der Waals surface area contributed by atoms with Crippen LogP contribution in [0.25, 0.3) is 0 Å². The van der Waals surface area contributed by atoms with Crippen LogP contribution in [0.5, 0.6) is 0 Å². The minimum atomic E-state index is -1.66. The van der Waals surface area contributed by atoms with E-state index in [9.17, 15) is 40.9 Å². The van der Waals surface area contributed by atoms with E-state index in [4.69, 9.17) is 52.1 Å². The van der Waals surface area contributed by atoms with Gasteiger partial charge in [-0.1, -0.05) is 13.8 Å². The maximum atomic E-state index is 11.0. The largest absolute Gasteiger partial charge is 0.394 e. The smallest absolute Gasteiger partial charge is 0.189 e. The molecule has 21 heteroatoms. The van der Waals surface area contributed by atoms with E-state index < -0.39 is 135 Å². The number of methoxy groups -OCH3 is 2. The summed E-state index contributed by atoms with van der Waals surface area (Å²) in [6.45, 7) is 2.88. The molecule has 6 rings (SSSR count). The van der Waals surface area contributed by atoms with E-state index in [-0.39, 0.29) is 39.5 Å². The molecule has 308 valence electrons. The second-order valence-corrected chi connectivity index (χ2v) is 14.4. The van der Waals surface area contributed by atoms with Gasteiger partial charge in [0.05, 0.1) is 62.9 Å². The first-order chi connectivity index (χ1) is 25.4. The van der Waals surface area contributed by atoms with E-state index in [2.05, 4.69) is 10.6 Å². The average Bonchev–Trinajstić information content (AvgIpc) is 3.17. The molecule has 0 bridgehead atoms. The molecule has 6 saturated heterocycles. The van der Waals surface area contributed by atoms with Gasteiger partial charge in [0.25, 0.3) is 0 Å². The standard InChI is InChI=1S/C32H56N2O19/c1-11-13(7-35)47-29(43-3)19(21(11)37)33-5-17-45-9-15-27(51-17)23(39)25(41)31(49-15)53-32-26(42)24(40)28-16(50-32)10-46-18(52-28)6-34-20-22(38)12(2)14(8-36)48-30(20)44-4/h11-42H,5-10H2,1-4H3. The molecule has 6 heterocycles. The van der Waals surface area contributed by atoms with Crippen molar-refractivity contribution >= 4 is 0 Å². The number of nitrogens with one attached hydrogen (secondary N) is 2. The summed E-state index contributed by atoms with van der Waals surface area (Å²) < 4.78 is 63.1. The van der Waals surface area contributed by atoms with Crippen LogP contribution in [0.15, 0.2) is 0 Å². The number of rotatable bonds is 12. The van der Waals surface area contributed by atoms with E-state index in [1.54, 1.807) is 13.8 Å². The zero-order valence-corrected chi connectivity index (χ0v) is 30.0. The fourth-order valence-corrected chi connectivity index (χ4v) is 7.72. The van der Waals surface area contributed by atoms with Crippen LogP contribution < -0.4 is 10.6 Å². The van der Waals surface area contributed by atoms with Crippen molar-refractivity contribution in [3.05, 3.63) is 0 Å². The van der Waals surface area contributed by atoms with Crippen molar-refractivity contribution in [2.45, 2.75) is 137 Å². The second-order valence-electron chi connectivity index (χ2n) is 14.4. The third-order valence-corrected chi connectivity index (χ3v) is 11.1. The maximum absolute atomic E-state index is 11.0. The molecule has 21 nitrogen and oxygen atoms in total. The predicted octanol–water partition coefficient (Wildman–Crippen LogP) is -5.98. The summed E-state index contributed by atoms with van der Waals surface area (Å²) in [5.41, 5.74) is 0. The molecule has 6 fully saturated rings. The Bertz CT molecular complexity index is 1060. The molecule has 53 heavy (non-hydrogen) atoms. The zero-order chi connectivity index (χ0) is 38.1. The summed E-state index contributed by atoms with van der Waals surface area (Å²) in [5.74, 6) is -0.792. The van der Waals surface area contributed by atoms with Gasteiger partial charge < -0.3 is 104 Å². The lowest BCUT2D eigenvalue weighted by molar-refractivity contribution is -0.409. The van der Waals surface area contributed by atoms with Crippen LogP contribution in [-0.2, 0) is 52.1 Å². The SMILES string of the molecule is COC1OC(CO)C(C)C(O)C1NCC1OCC2OC(OC3OC4COC(CNC5C(OC)OC(CO)C(C)C5O)OC4C(O)C3O)C(O)C(O)C2O1. The van der Waals surface area contributed by atoms with Crippen LogP contribution in [0, 0.1) is 11.8 Å². The Morgan fingerprint density at radius 2 is 0.925 bits per heavy atom. The van der Waals surface area contributed by atoms with Crippen molar-refractivity contribution in [2.75, 3.05) is 53.7 Å². The van der Waals surface area contributed by atoms with Crippen LogP contribution in [0.1, 0.15) is 13.8 Å². The molecule has 10 N–H and O–H groups in total. The Labute approximate surface area is 306 Å². The van der Waals surface area contributed by atoms with Gasteiger partial charge >= 0.3 is 0 Å². The highest BCUT2D eigenvalue weighted by Gasteiger charge is 2.54. The highest BCUT2D eigenvalue weighted by atomic mass is 16.8. The Balaban J connectivity index is 0.980. The van der Waals surface area contributed by atoms with Crippen LogP contribution in [0.4, 0.5) is 0 Å². The Hall–Kier alpha value is -0.840. The topological polar surface area (TPSA) is 287 Å². The molecule has 0 saturated carbocycles. The monoisotopic (exact) mass is 772 g/mol. The van der Waals surface area contributed by atoms with Crippen molar-refractivity contribution in [1.82, 2.24) is 10.6 Å². The summed E-state index contributed by atoms with van der Waals surface area (Å²) in [5, 5.41) is 91.0. The molecular formula is C32H56N2O19. The molecule has 0 amide bonds. The molecule has 0 aromatic rings. The van der Waals surface area contributed by atoms with Crippen LogP contribution in [0.3, 0.4) is 0 Å². The second kappa shape index (κ2) is 18.2. The fourth-order valence-electron chi connectivity index (χ4n) is 7.72. The van der Waals surface area contributed by atoms with Gasteiger partial charge in [0.1, 0.15) is 48.8 Å². The normalized spacial score (nSPS) is 52.1. The molecule has 0 aliphatic carbocycles. The number of hydrogen-bond acceptors (Lipinski definition) is 21. The quantitative estimate of drug-likeness (QED) is 0.0884. The van der Waals surface area contributed by atoms with Gasteiger partial charge in [-0.3, -0.25) is 0 Å². The Morgan fingerprint density at radius 1 is 0.528 bits per heavy atom. The molecule has 6 aliphatic heterocycles. The minimum absolute atomic E-state index is 0.0475. The van der Waals surface area contributed by atoms with Crippen LogP contribution in [0.2, 0.25) is 0 Å². The van der Waals surface area contributed by atoms with E-state index in [0.29, 0.717) is 0 Å². The summed E-state index contributed by atoms with van der Waals surface area (Å²) in [6.07, 6.45) is -19.8. The first kappa shape index (κ1) is 41.8. The number of fused-ring (bicyclic) bond motifs is 2. The molecule has 22 atom stereocenters. The highest BCUT2D eigenvalue weighted by molar-refractivity contribution is 4.97. The van der Waals surface area contributed by atoms with E-state index in [1.807, 2.05) is 0 Å². The van der Waals surface area contributed by atoms with Gasteiger partial charge in [-0.05, 0) is 0 Å². The van der Waals surface area contributed by atoms with Gasteiger partial charge in [0, 0.05) is 39.1 Å². The lowest BCUT2D eigenvalue weighted by Crippen LogP contribution is -2.68. The van der Waals surface area contributed by atoms with Crippen LogP contribution >= 0.6 is 0 Å². The molecular weight excluding hydrogens is 716 g/mol. The van der Waals surface area contributed by atoms with Crippen molar-refractivity contribution in [3.8, 4) is 0 Å². The molecule has 0 radical (unpaired) electrons. The first-order valence-corrected chi connectivity index (χ1v) is 18.0. The maximum Gasteiger partial charge on any atom is 0.189 e. The van der Waals surface area contributed by atoms with Gasteiger partial charge in [0.15, 0.2) is 37.7 Å². The third kappa shape index (κ3) is 8.71. The van der Waals surface area contributed by atoms with Crippen LogP contribution in [-0.4, -0.2) is 218 Å². The van der Waals surface area contributed by atoms with Gasteiger partial charge in [-0.15, -0.1) is 0 Å². The first-order valence-electron chi connectivity index (χ1n) is 18.0. The van der Waals surface area contributed by atoms with Crippen molar-refractivity contribution < 1.29 is 93.0 Å². The van der Waals surface area contributed by atoms with Gasteiger partial charge in [-0.2, -0.15) is 0 Å². The highest BCUT2D eigenvalue weighted by Crippen LogP contribution is 2.34. The number of aliphatic hydroxyl groups excluding tert-OH is 8. The molecule has 0 spiro atoms. The van der Waals surface area contributed by atoms with Gasteiger partial charge in [0.2, 0.25) is 0 Å². The summed E-state index contributed by atoms with van der Waals surface area (Å²) >= 11 is 0.